The van der Waals surface area contributed by atoms with Crippen molar-refractivity contribution in [3.8, 4) is 0 Å². The highest BCUT2D eigenvalue weighted by atomic mass is 35.5. The minimum Gasteiger partial charge on any atom is -0.372 e. The average molecular weight is 587 g/mol. The molecule has 0 saturated carbocycles. The van der Waals surface area contributed by atoms with Crippen LogP contribution in [0.4, 0.5) is 45.0 Å². The van der Waals surface area contributed by atoms with Crippen LogP contribution in [0.2, 0.25) is 5.02 Å². The third-order valence-corrected chi connectivity index (χ3v) is 6.52. The van der Waals surface area contributed by atoms with Gasteiger partial charge in [0.15, 0.2) is 5.82 Å². The normalized spacial score (nSPS) is 11.6. The van der Waals surface area contributed by atoms with E-state index in [1.807, 2.05) is 4.72 Å². The SMILES string of the molecule is CNCCN(C)c1cc(C(F)(F)F)ccc1Nc1cc(F)c(S(=O)(=O)Nc2ncc(F)cn2)cc1Cl.Cl. The Balaban J connectivity index is 0.00000481. The summed E-state index contributed by atoms with van der Waals surface area (Å²) in [7, 11) is -1.28. The second-order valence-electron chi connectivity index (χ2n) is 7.47. The van der Waals surface area contributed by atoms with E-state index >= 15 is 0 Å². The van der Waals surface area contributed by atoms with Gasteiger partial charge in [-0.2, -0.15) is 13.2 Å². The van der Waals surface area contributed by atoms with Crippen LogP contribution in [0.25, 0.3) is 0 Å². The second-order valence-corrected chi connectivity index (χ2v) is 9.53. The first-order valence-corrected chi connectivity index (χ1v) is 12.0. The Morgan fingerprint density at radius 2 is 1.70 bits per heavy atom. The lowest BCUT2D eigenvalue weighted by molar-refractivity contribution is -0.137. The summed E-state index contributed by atoms with van der Waals surface area (Å²) in [6.07, 6.45) is -3.15. The van der Waals surface area contributed by atoms with Crippen LogP contribution < -0.4 is 20.3 Å². The Bertz CT molecular complexity index is 1340. The van der Waals surface area contributed by atoms with E-state index in [0.717, 1.165) is 36.7 Å². The molecule has 0 amide bonds. The molecular weight excluding hydrogens is 566 g/mol. The van der Waals surface area contributed by atoms with Gasteiger partial charge in [-0.05, 0) is 31.3 Å². The Kier molecular flexibility index (Phi) is 9.88. The molecule has 1 heterocycles. The quantitative estimate of drug-likeness (QED) is 0.302. The fraction of sp³-hybridized carbons (Fsp3) is 0.238. The van der Waals surface area contributed by atoms with Crippen molar-refractivity contribution in [1.29, 1.82) is 0 Å². The van der Waals surface area contributed by atoms with Gasteiger partial charge < -0.3 is 15.5 Å². The molecule has 0 bridgehead atoms. The van der Waals surface area contributed by atoms with E-state index in [1.165, 1.54) is 6.07 Å². The van der Waals surface area contributed by atoms with Gasteiger partial charge in [-0.1, -0.05) is 11.6 Å². The molecule has 0 saturated heterocycles. The number of nitrogens with zero attached hydrogens (tertiary/aromatic N) is 3. The summed E-state index contributed by atoms with van der Waals surface area (Å²) in [6.45, 7) is 0.821. The van der Waals surface area contributed by atoms with Crippen molar-refractivity contribution in [2.24, 2.45) is 0 Å². The first-order valence-electron chi connectivity index (χ1n) is 10.1. The van der Waals surface area contributed by atoms with Gasteiger partial charge in [0.1, 0.15) is 10.7 Å². The molecule has 0 fully saturated rings. The molecule has 3 rings (SSSR count). The highest BCUT2D eigenvalue weighted by Crippen LogP contribution is 2.38. The second kappa shape index (κ2) is 12.1. The van der Waals surface area contributed by atoms with Gasteiger partial charge in [-0.3, -0.25) is 0 Å². The third-order valence-electron chi connectivity index (χ3n) is 4.86. The maximum Gasteiger partial charge on any atom is 0.416 e. The molecule has 3 aromatic rings. The van der Waals surface area contributed by atoms with Crippen LogP contribution in [0.5, 0.6) is 0 Å². The monoisotopic (exact) mass is 586 g/mol. The lowest BCUT2D eigenvalue weighted by atomic mass is 10.1. The smallest absolute Gasteiger partial charge is 0.372 e. The first-order chi connectivity index (χ1) is 16.8. The van der Waals surface area contributed by atoms with Crippen molar-refractivity contribution in [3.05, 3.63) is 64.9 Å². The predicted molar refractivity (Wildman–Crippen MR) is 133 cm³/mol. The minimum absolute atomic E-state index is 0. The molecule has 0 spiro atoms. The summed E-state index contributed by atoms with van der Waals surface area (Å²) in [6, 6.07) is 4.57. The number of aromatic nitrogens is 2. The summed E-state index contributed by atoms with van der Waals surface area (Å²) < 4.78 is 94.7. The average Bonchev–Trinajstić information content (AvgIpc) is 2.80. The zero-order chi connectivity index (χ0) is 26.7. The van der Waals surface area contributed by atoms with Crippen molar-refractivity contribution in [1.82, 2.24) is 15.3 Å². The number of nitrogens with one attached hydrogen (secondary N) is 3. The number of anilines is 4. The predicted octanol–water partition coefficient (Wildman–Crippen LogP) is 5.05. The van der Waals surface area contributed by atoms with Crippen LogP contribution >= 0.6 is 24.0 Å². The molecule has 8 nitrogen and oxygen atoms in total. The Hall–Kier alpha value is -2.94. The van der Waals surface area contributed by atoms with E-state index < -0.39 is 44.2 Å². The topological polar surface area (TPSA) is 99.2 Å². The summed E-state index contributed by atoms with van der Waals surface area (Å²) in [5.41, 5.74) is -0.638. The molecule has 37 heavy (non-hydrogen) atoms. The molecule has 0 aliphatic heterocycles. The van der Waals surface area contributed by atoms with E-state index in [0.29, 0.717) is 13.1 Å². The number of halogens is 7. The van der Waals surface area contributed by atoms with Crippen LogP contribution in [0.3, 0.4) is 0 Å². The lowest BCUT2D eigenvalue weighted by Crippen LogP contribution is -2.28. The van der Waals surface area contributed by atoms with Gasteiger partial charge in [0.05, 0.1) is 40.0 Å². The number of sulfonamides is 1. The van der Waals surface area contributed by atoms with Gasteiger partial charge in [-0.25, -0.2) is 31.9 Å². The Labute approximate surface area is 220 Å². The Morgan fingerprint density at radius 3 is 2.30 bits per heavy atom. The molecular formula is C21H21Cl2F5N6O2S. The van der Waals surface area contributed by atoms with Crippen LogP contribution in [0.1, 0.15) is 5.56 Å². The van der Waals surface area contributed by atoms with Crippen molar-refractivity contribution >= 4 is 57.0 Å². The van der Waals surface area contributed by atoms with E-state index in [9.17, 15) is 30.4 Å². The number of alkyl halides is 3. The third kappa shape index (κ3) is 7.53. The van der Waals surface area contributed by atoms with Crippen molar-refractivity contribution in [2.45, 2.75) is 11.1 Å². The van der Waals surface area contributed by atoms with Gasteiger partial charge in [0.2, 0.25) is 5.95 Å². The van der Waals surface area contributed by atoms with Crippen molar-refractivity contribution < 1.29 is 30.4 Å². The number of benzene rings is 2. The highest BCUT2D eigenvalue weighted by molar-refractivity contribution is 7.92. The first kappa shape index (κ1) is 30.3. The maximum atomic E-state index is 14.9. The summed E-state index contributed by atoms with van der Waals surface area (Å²) in [4.78, 5) is 7.62. The van der Waals surface area contributed by atoms with E-state index in [1.54, 1.807) is 19.0 Å². The van der Waals surface area contributed by atoms with Crippen LogP contribution in [0.15, 0.2) is 47.6 Å². The van der Waals surface area contributed by atoms with Crippen molar-refractivity contribution in [3.63, 3.8) is 0 Å². The molecule has 0 unspecified atom stereocenters. The minimum atomic E-state index is -4.59. The summed E-state index contributed by atoms with van der Waals surface area (Å²) >= 11 is 6.19. The van der Waals surface area contributed by atoms with Crippen molar-refractivity contribution in [2.75, 3.05) is 42.1 Å². The molecule has 2 aromatic carbocycles. The zero-order valence-corrected chi connectivity index (χ0v) is 21.6. The maximum absolute atomic E-state index is 14.9. The van der Waals surface area contributed by atoms with Crippen LogP contribution in [-0.2, 0) is 16.2 Å². The molecule has 0 radical (unpaired) electrons. The molecule has 16 heteroatoms. The number of hydrogen-bond donors (Lipinski definition) is 3. The van der Waals surface area contributed by atoms with E-state index in [4.69, 9.17) is 11.6 Å². The van der Waals surface area contributed by atoms with E-state index in [2.05, 4.69) is 20.6 Å². The van der Waals surface area contributed by atoms with Gasteiger partial charge in [0.25, 0.3) is 10.0 Å². The molecule has 0 atom stereocenters. The van der Waals surface area contributed by atoms with Gasteiger partial charge >= 0.3 is 6.18 Å². The molecule has 1 aromatic heterocycles. The lowest BCUT2D eigenvalue weighted by Gasteiger charge is -2.24. The van der Waals surface area contributed by atoms with Crippen LogP contribution in [0, 0.1) is 11.6 Å². The highest BCUT2D eigenvalue weighted by Gasteiger charge is 2.31. The molecule has 0 aliphatic carbocycles. The molecule has 3 N–H and O–H groups in total. The molecule has 0 aliphatic rings. The summed E-state index contributed by atoms with van der Waals surface area (Å²) in [5.74, 6) is -2.51. The fourth-order valence-electron chi connectivity index (χ4n) is 3.04. The number of hydrogen-bond acceptors (Lipinski definition) is 7. The summed E-state index contributed by atoms with van der Waals surface area (Å²) in [5, 5.41) is 5.43. The van der Waals surface area contributed by atoms with Gasteiger partial charge in [-0.15, -0.1) is 12.4 Å². The number of likely N-dealkylation sites (N-methyl/N-ethyl adjacent to an activating group) is 2. The largest absolute Gasteiger partial charge is 0.416 e. The molecule has 202 valence electrons. The zero-order valence-electron chi connectivity index (χ0n) is 19.2. The van der Waals surface area contributed by atoms with E-state index in [-0.39, 0.29) is 34.5 Å². The van der Waals surface area contributed by atoms with Crippen LogP contribution in [-0.4, -0.2) is 45.6 Å². The van der Waals surface area contributed by atoms with Gasteiger partial charge in [0, 0.05) is 26.2 Å². The Morgan fingerprint density at radius 1 is 1.05 bits per heavy atom. The number of rotatable bonds is 9. The standard InChI is InChI=1S/C21H20ClF5N6O2S.ClH/c1-28-5-6-33(2)18-7-12(21(25,26)27)3-4-16(18)31-17-9-15(24)19(8-14(17)22)36(34,35)32-20-29-10-13(23)11-30-20;/h3-4,7-11,28,31H,5-6H2,1-2H3,(H,29,30,32);1H. The fourth-order valence-corrected chi connectivity index (χ4v) is 4.36.